The molecule has 0 bridgehead atoms. The van der Waals surface area contributed by atoms with E-state index in [-0.39, 0.29) is 0 Å². The van der Waals surface area contributed by atoms with Crippen LogP contribution < -0.4 is 4.74 Å². The Kier molecular flexibility index (Phi) is 4.09. The fraction of sp³-hybridized carbons (Fsp3) is 0.500. The standard InChI is InChI=1S/C12H14BrClOS/c13-10-6-9(14)2-3-11(10)15-7-12(8-16)4-1-5-12/h2-3,6,16H,1,4-5,7-8H2. The van der Waals surface area contributed by atoms with Gasteiger partial charge in [-0.05, 0) is 52.7 Å². The molecule has 0 N–H and O–H groups in total. The summed E-state index contributed by atoms with van der Waals surface area (Å²) in [6, 6.07) is 5.60. The molecule has 0 amide bonds. The van der Waals surface area contributed by atoms with E-state index in [0.29, 0.717) is 10.4 Å². The monoisotopic (exact) mass is 320 g/mol. The van der Waals surface area contributed by atoms with Crippen molar-refractivity contribution in [2.45, 2.75) is 19.3 Å². The third kappa shape index (κ3) is 2.69. The lowest BCUT2D eigenvalue weighted by molar-refractivity contribution is 0.0825. The van der Waals surface area contributed by atoms with E-state index >= 15 is 0 Å². The molecule has 0 atom stereocenters. The number of halogens is 2. The molecule has 0 unspecified atom stereocenters. The van der Waals surface area contributed by atoms with E-state index in [1.54, 1.807) is 0 Å². The van der Waals surface area contributed by atoms with Gasteiger partial charge in [0, 0.05) is 10.4 Å². The van der Waals surface area contributed by atoms with Gasteiger partial charge in [0.25, 0.3) is 0 Å². The second-order valence-electron chi connectivity index (χ2n) is 4.38. The summed E-state index contributed by atoms with van der Waals surface area (Å²) in [4.78, 5) is 0. The van der Waals surface area contributed by atoms with Crippen LogP contribution in [0.15, 0.2) is 22.7 Å². The molecule has 2 rings (SSSR count). The van der Waals surface area contributed by atoms with E-state index in [1.165, 1.54) is 19.3 Å². The van der Waals surface area contributed by atoms with Gasteiger partial charge in [0.1, 0.15) is 5.75 Å². The first-order chi connectivity index (χ1) is 7.65. The third-order valence-electron chi connectivity index (χ3n) is 3.18. The largest absolute Gasteiger partial charge is 0.492 e. The molecule has 0 heterocycles. The van der Waals surface area contributed by atoms with Crippen LogP contribution in [0.3, 0.4) is 0 Å². The van der Waals surface area contributed by atoms with Crippen LogP contribution >= 0.6 is 40.2 Å². The first kappa shape index (κ1) is 12.6. The molecule has 1 aromatic rings. The minimum Gasteiger partial charge on any atom is -0.492 e. The van der Waals surface area contributed by atoms with Crippen molar-refractivity contribution in [2.75, 3.05) is 12.4 Å². The van der Waals surface area contributed by atoms with Crippen LogP contribution in [0.25, 0.3) is 0 Å². The second kappa shape index (κ2) is 5.19. The highest BCUT2D eigenvalue weighted by atomic mass is 79.9. The molecule has 1 saturated carbocycles. The fourth-order valence-electron chi connectivity index (χ4n) is 1.85. The zero-order chi connectivity index (χ0) is 11.6. The molecular weight excluding hydrogens is 308 g/mol. The summed E-state index contributed by atoms with van der Waals surface area (Å²) >= 11 is 13.7. The van der Waals surface area contributed by atoms with Gasteiger partial charge in [0.2, 0.25) is 0 Å². The topological polar surface area (TPSA) is 9.23 Å². The van der Waals surface area contributed by atoms with Crippen molar-refractivity contribution in [3.63, 3.8) is 0 Å². The molecule has 1 aliphatic rings. The minimum atomic E-state index is 0.294. The lowest BCUT2D eigenvalue weighted by Gasteiger charge is -2.40. The molecule has 0 spiro atoms. The first-order valence-electron chi connectivity index (χ1n) is 5.34. The van der Waals surface area contributed by atoms with Crippen molar-refractivity contribution in [1.29, 1.82) is 0 Å². The molecule has 0 radical (unpaired) electrons. The fourth-order valence-corrected chi connectivity index (χ4v) is 3.05. The van der Waals surface area contributed by atoms with Crippen LogP contribution in [-0.4, -0.2) is 12.4 Å². The van der Waals surface area contributed by atoms with Gasteiger partial charge in [0.15, 0.2) is 0 Å². The Morgan fingerprint density at radius 3 is 2.69 bits per heavy atom. The van der Waals surface area contributed by atoms with Gasteiger partial charge >= 0.3 is 0 Å². The van der Waals surface area contributed by atoms with Crippen LogP contribution in [0.5, 0.6) is 5.75 Å². The highest BCUT2D eigenvalue weighted by molar-refractivity contribution is 9.10. The average molecular weight is 322 g/mol. The summed E-state index contributed by atoms with van der Waals surface area (Å²) in [6.07, 6.45) is 3.75. The maximum atomic E-state index is 5.87. The normalized spacial score (nSPS) is 17.9. The van der Waals surface area contributed by atoms with E-state index in [0.717, 1.165) is 22.6 Å². The van der Waals surface area contributed by atoms with Crippen molar-refractivity contribution < 1.29 is 4.74 Å². The molecule has 0 aromatic heterocycles. The summed E-state index contributed by atoms with van der Waals surface area (Å²) < 4.78 is 6.75. The van der Waals surface area contributed by atoms with Crippen molar-refractivity contribution in [1.82, 2.24) is 0 Å². The van der Waals surface area contributed by atoms with Crippen molar-refractivity contribution in [3.8, 4) is 5.75 Å². The number of rotatable bonds is 4. The molecule has 1 nitrogen and oxygen atoms in total. The van der Waals surface area contributed by atoms with Crippen LogP contribution in [0.2, 0.25) is 5.02 Å². The van der Waals surface area contributed by atoms with E-state index in [4.69, 9.17) is 16.3 Å². The van der Waals surface area contributed by atoms with Gasteiger partial charge in [-0.15, -0.1) is 0 Å². The number of hydrogen-bond acceptors (Lipinski definition) is 2. The molecular formula is C12H14BrClOS. The van der Waals surface area contributed by atoms with Crippen LogP contribution in [-0.2, 0) is 0 Å². The Bertz CT molecular complexity index is 374. The van der Waals surface area contributed by atoms with Gasteiger partial charge in [0.05, 0.1) is 11.1 Å². The predicted molar refractivity (Wildman–Crippen MR) is 74.8 cm³/mol. The van der Waals surface area contributed by atoms with Crippen LogP contribution in [0, 0.1) is 5.41 Å². The lowest BCUT2D eigenvalue weighted by atomic mass is 9.71. The zero-order valence-electron chi connectivity index (χ0n) is 8.88. The molecule has 0 saturated heterocycles. The summed E-state index contributed by atoms with van der Waals surface area (Å²) in [5.41, 5.74) is 0.294. The Hall–Kier alpha value is 0.140. The number of thiol groups is 1. The van der Waals surface area contributed by atoms with E-state index < -0.39 is 0 Å². The number of benzene rings is 1. The van der Waals surface area contributed by atoms with Crippen molar-refractivity contribution >= 4 is 40.2 Å². The average Bonchev–Trinajstić information content (AvgIpc) is 2.19. The molecule has 1 aliphatic carbocycles. The maximum absolute atomic E-state index is 5.87. The second-order valence-corrected chi connectivity index (χ2v) is 5.98. The van der Waals surface area contributed by atoms with Crippen LogP contribution in [0.4, 0.5) is 0 Å². The summed E-state index contributed by atoms with van der Waals surface area (Å²) in [7, 11) is 0. The Morgan fingerprint density at radius 1 is 1.44 bits per heavy atom. The molecule has 1 fully saturated rings. The summed E-state index contributed by atoms with van der Waals surface area (Å²) in [6.45, 7) is 0.747. The van der Waals surface area contributed by atoms with E-state index in [1.807, 2.05) is 18.2 Å². The highest BCUT2D eigenvalue weighted by Crippen LogP contribution is 2.42. The van der Waals surface area contributed by atoms with Crippen molar-refractivity contribution in [3.05, 3.63) is 27.7 Å². The number of ether oxygens (including phenoxy) is 1. The molecule has 16 heavy (non-hydrogen) atoms. The van der Waals surface area contributed by atoms with Gasteiger partial charge in [-0.3, -0.25) is 0 Å². The number of hydrogen-bond donors (Lipinski definition) is 1. The summed E-state index contributed by atoms with van der Waals surface area (Å²) in [5.74, 6) is 1.76. The zero-order valence-corrected chi connectivity index (χ0v) is 12.1. The molecule has 88 valence electrons. The van der Waals surface area contributed by atoms with Gasteiger partial charge in [-0.25, -0.2) is 0 Å². The maximum Gasteiger partial charge on any atom is 0.133 e. The summed E-state index contributed by atoms with van der Waals surface area (Å²) in [5, 5.41) is 0.715. The minimum absolute atomic E-state index is 0.294. The van der Waals surface area contributed by atoms with Crippen LogP contribution in [0.1, 0.15) is 19.3 Å². The quantitative estimate of drug-likeness (QED) is 0.799. The molecule has 4 heteroatoms. The van der Waals surface area contributed by atoms with Gasteiger partial charge in [-0.1, -0.05) is 18.0 Å². The Labute approximate surface area is 115 Å². The van der Waals surface area contributed by atoms with E-state index in [2.05, 4.69) is 28.6 Å². The van der Waals surface area contributed by atoms with E-state index in [9.17, 15) is 0 Å². The SMILES string of the molecule is SCC1(COc2ccc(Cl)cc2Br)CCC1. The highest BCUT2D eigenvalue weighted by Gasteiger charge is 2.36. The Balaban J connectivity index is 1.99. The van der Waals surface area contributed by atoms with Crippen molar-refractivity contribution in [2.24, 2.45) is 5.41 Å². The molecule has 0 aliphatic heterocycles. The predicted octanol–water partition coefficient (Wildman–Crippen LogP) is 4.58. The molecule has 1 aromatic carbocycles. The van der Waals surface area contributed by atoms with Gasteiger partial charge in [-0.2, -0.15) is 12.6 Å². The Morgan fingerprint density at radius 2 is 2.19 bits per heavy atom. The first-order valence-corrected chi connectivity index (χ1v) is 7.14. The smallest absolute Gasteiger partial charge is 0.133 e. The lowest BCUT2D eigenvalue weighted by Crippen LogP contribution is -2.37. The van der Waals surface area contributed by atoms with Gasteiger partial charge < -0.3 is 4.74 Å². The third-order valence-corrected chi connectivity index (χ3v) is 4.70.